The Labute approximate surface area is 130 Å². The molecule has 0 saturated carbocycles. The summed E-state index contributed by atoms with van der Waals surface area (Å²) < 4.78 is 11.1. The van der Waals surface area contributed by atoms with E-state index in [2.05, 4.69) is 10.6 Å². The monoisotopic (exact) mass is 312 g/mol. The zero-order valence-corrected chi connectivity index (χ0v) is 12.7. The Bertz CT molecular complexity index is 490. The number of amides is 1. The summed E-state index contributed by atoms with van der Waals surface area (Å²) in [6, 6.07) is 5.44. The van der Waals surface area contributed by atoms with Crippen LogP contribution in [-0.2, 0) is 0 Å². The molecule has 2 N–H and O–H groups in total. The Morgan fingerprint density at radius 1 is 1.24 bits per heavy atom. The molecular formula is C15H21ClN2O3. The van der Waals surface area contributed by atoms with Gasteiger partial charge in [-0.1, -0.05) is 6.07 Å². The molecule has 1 aromatic rings. The Hall–Kier alpha value is -1.46. The summed E-state index contributed by atoms with van der Waals surface area (Å²) in [6.07, 6.45) is 2.24. The van der Waals surface area contributed by atoms with E-state index in [4.69, 9.17) is 9.47 Å². The smallest absolute Gasteiger partial charge is 0.255 e. The summed E-state index contributed by atoms with van der Waals surface area (Å²) in [6.45, 7) is 3.83. The number of carbonyl (C=O) groups is 1. The molecule has 21 heavy (non-hydrogen) atoms. The van der Waals surface area contributed by atoms with Crippen LogP contribution in [-0.4, -0.2) is 38.8 Å². The van der Waals surface area contributed by atoms with Crippen LogP contribution < -0.4 is 20.1 Å². The van der Waals surface area contributed by atoms with Crippen LogP contribution in [0.1, 0.15) is 23.2 Å². The second-order valence-electron chi connectivity index (χ2n) is 5.23. The van der Waals surface area contributed by atoms with Crippen molar-refractivity contribution in [3.05, 3.63) is 23.8 Å². The molecule has 0 aromatic heterocycles. The molecule has 0 spiro atoms. The quantitative estimate of drug-likeness (QED) is 0.890. The summed E-state index contributed by atoms with van der Waals surface area (Å²) in [5.41, 5.74) is 0.566. The SMILES string of the molecule is Cl.O=C(NCC1CCNCC1)c1cccc2c1OCCO2. The molecule has 0 unspecified atom stereocenters. The lowest BCUT2D eigenvalue weighted by molar-refractivity contribution is 0.0933. The van der Waals surface area contributed by atoms with Crippen LogP contribution in [0, 0.1) is 5.92 Å². The molecule has 2 aliphatic rings. The molecule has 1 aromatic carbocycles. The molecular weight excluding hydrogens is 292 g/mol. The van der Waals surface area contributed by atoms with Gasteiger partial charge < -0.3 is 20.1 Å². The summed E-state index contributed by atoms with van der Waals surface area (Å²) in [7, 11) is 0. The highest BCUT2D eigenvalue weighted by Gasteiger charge is 2.21. The van der Waals surface area contributed by atoms with Crippen LogP contribution in [0.5, 0.6) is 11.5 Å². The lowest BCUT2D eigenvalue weighted by Gasteiger charge is -2.24. The number of benzene rings is 1. The molecule has 1 amide bonds. The van der Waals surface area contributed by atoms with Gasteiger partial charge in [0.05, 0.1) is 5.56 Å². The van der Waals surface area contributed by atoms with Crippen molar-refractivity contribution in [3.8, 4) is 11.5 Å². The van der Waals surface area contributed by atoms with Crippen LogP contribution in [0.25, 0.3) is 0 Å². The van der Waals surface area contributed by atoms with Crippen LogP contribution in [0.4, 0.5) is 0 Å². The molecule has 0 aliphatic carbocycles. The van der Waals surface area contributed by atoms with Gasteiger partial charge in [-0.15, -0.1) is 12.4 Å². The van der Waals surface area contributed by atoms with Crippen molar-refractivity contribution >= 4 is 18.3 Å². The highest BCUT2D eigenvalue weighted by Crippen LogP contribution is 2.33. The minimum absolute atomic E-state index is 0. The lowest BCUT2D eigenvalue weighted by atomic mass is 9.98. The molecule has 2 heterocycles. The summed E-state index contributed by atoms with van der Waals surface area (Å²) in [5, 5.41) is 6.34. The third-order valence-corrected chi connectivity index (χ3v) is 3.82. The minimum atomic E-state index is -0.0779. The molecule has 5 nitrogen and oxygen atoms in total. The van der Waals surface area contributed by atoms with Gasteiger partial charge in [0.15, 0.2) is 11.5 Å². The van der Waals surface area contributed by atoms with E-state index in [1.54, 1.807) is 6.07 Å². The van der Waals surface area contributed by atoms with Crippen molar-refractivity contribution in [1.82, 2.24) is 10.6 Å². The number of nitrogens with one attached hydrogen (secondary N) is 2. The Morgan fingerprint density at radius 3 is 2.81 bits per heavy atom. The molecule has 1 fully saturated rings. The van der Waals surface area contributed by atoms with Crippen LogP contribution in [0.2, 0.25) is 0 Å². The van der Waals surface area contributed by atoms with Crippen LogP contribution in [0.15, 0.2) is 18.2 Å². The second kappa shape index (κ2) is 7.52. The largest absolute Gasteiger partial charge is 0.486 e. The number of piperidine rings is 1. The number of para-hydroxylation sites is 1. The van der Waals surface area contributed by atoms with Crippen molar-refractivity contribution in [3.63, 3.8) is 0 Å². The Kier molecular flexibility index (Phi) is 5.70. The summed E-state index contributed by atoms with van der Waals surface area (Å²) in [4.78, 5) is 12.3. The Morgan fingerprint density at radius 2 is 2.00 bits per heavy atom. The average molecular weight is 313 g/mol. The number of fused-ring (bicyclic) bond motifs is 1. The van der Waals surface area contributed by atoms with E-state index in [1.165, 1.54) is 0 Å². The minimum Gasteiger partial charge on any atom is -0.486 e. The van der Waals surface area contributed by atoms with Gasteiger partial charge in [0.25, 0.3) is 5.91 Å². The molecule has 0 radical (unpaired) electrons. The summed E-state index contributed by atoms with van der Waals surface area (Å²) >= 11 is 0. The van der Waals surface area contributed by atoms with Crippen molar-refractivity contribution in [2.24, 2.45) is 5.92 Å². The second-order valence-corrected chi connectivity index (χ2v) is 5.23. The number of hydrogen-bond acceptors (Lipinski definition) is 4. The molecule has 1 saturated heterocycles. The molecule has 116 valence electrons. The number of ether oxygens (including phenoxy) is 2. The van der Waals surface area contributed by atoms with E-state index in [0.717, 1.165) is 32.5 Å². The zero-order valence-electron chi connectivity index (χ0n) is 11.9. The zero-order chi connectivity index (χ0) is 13.8. The third kappa shape index (κ3) is 3.80. The highest BCUT2D eigenvalue weighted by atomic mass is 35.5. The van der Waals surface area contributed by atoms with E-state index in [0.29, 0.717) is 36.2 Å². The lowest BCUT2D eigenvalue weighted by Crippen LogP contribution is -2.36. The van der Waals surface area contributed by atoms with E-state index in [1.807, 2.05) is 12.1 Å². The first-order chi connectivity index (χ1) is 9.84. The van der Waals surface area contributed by atoms with Crippen molar-refractivity contribution in [2.75, 3.05) is 32.8 Å². The van der Waals surface area contributed by atoms with Gasteiger partial charge in [0.2, 0.25) is 0 Å². The normalized spacial score (nSPS) is 17.7. The number of carbonyl (C=O) groups excluding carboxylic acids is 1. The number of hydrogen-bond donors (Lipinski definition) is 2. The maximum Gasteiger partial charge on any atom is 0.255 e. The van der Waals surface area contributed by atoms with Crippen LogP contribution >= 0.6 is 12.4 Å². The fourth-order valence-electron chi connectivity index (χ4n) is 2.67. The predicted molar refractivity (Wildman–Crippen MR) is 82.6 cm³/mol. The Balaban J connectivity index is 0.00000161. The highest BCUT2D eigenvalue weighted by molar-refractivity contribution is 5.97. The first kappa shape index (κ1) is 15.9. The van der Waals surface area contributed by atoms with E-state index in [-0.39, 0.29) is 18.3 Å². The first-order valence-corrected chi connectivity index (χ1v) is 7.22. The van der Waals surface area contributed by atoms with Gasteiger partial charge in [-0.05, 0) is 44.0 Å². The van der Waals surface area contributed by atoms with E-state index in [9.17, 15) is 4.79 Å². The van der Waals surface area contributed by atoms with E-state index < -0.39 is 0 Å². The van der Waals surface area contributed by atoms with Gasteiger partial charge >= 0.3 is 0 Å². The predicted octanol–water partition coefficient (Wildman–Crippen LogP) is 1.61. The summed E-state index contributed by atoms with van der Waals surface area (Å²) in [5.74, 6) is 1.72. The van der Waals surface area contributed by atoms with E-state index >= 15 is 0 Å². The first-order valence-electron chi connectivity index (χ1n) is 7.22. The topological polar surface area (TPSA) is 59.6 Å². The number of rotatable bonds is 3. The maximum atomic E-state index is 12.3. The van der Waals surface area contributed by atoms with Gasteiger partial charge in [-0.25, -0.2) is 0 Å². The number of halogens is 1. The molecule has 0 atom stereocenters. The van der Waals surface area contributed by atoms with Crippen molar-refractivity contribution in [2.45, 2.75) is 12.8 Å². The van der Waals surface area contributed by atoms with Gasteiger partial charge in [0.1, 0.15) is 13.2 Å². The fourth-order valence-corrected chi connectivity index (χ4v) is 2.67. The van der Waals surface area contributed by atoms with Gasteiger partial charge in [-0.2, -0.15) is 0 Å². The average Bonchev–Trinajstić information content (AvgIpc) is 2.53. The molecule has 0 bridgehead atoms. The van der Waals surface area contributed by atoms with Crippen molar-refractivity contribution in [1.29, 1.82) is 0 Å². The molecule has 3 rings (SSSR count). The molecule has 6 heteroatoms. The van der Waals surface area contributed by atoms with Gasteiger partial charge in [-0.3, -0.25) is 4.79 Å². The third-order valence-electron chi connectivity index (χ3n) is 3.82. The molecule has 2 aliphatic heterocycles. The van der Waals surface area contributed by atoms with Crippen LogP contribution in [0.3, 0.4) is 0 Å². The van der Waals surface area contributed by atoms with Gasteiger partial charge in [0, 0.05) is 6.54 Å². The standard InChI is InChI=1S/C15H20N2O3.ClH/c18-15(17-10-11-4-6-16-7-5-11)12-2-1-3-13-14(12)20-9-8-19-13;/h1-3,11,16H,4-10H2,(H,17,18);1H. The maximum absolute atomic E-state index is 12.3. The fraction of sp³-hybridized carbons (Fsp3) is 0.533. The van der Waals surface area contributed by atoms with Crippen molar-refractivity contribution < 1.29 is 14.3 Å².